The first-order valence-electron chi connectivity index (χ1n) is 9.24. The summed E-state index contributed by atoms with van der Waals surface area (Å²) in [5, 5.41) is 6.49. The van der Waals surface area contributed by atoms with Gasteiger partial charge in [0.05, 0.1) is 17.2 Å². The van der Waals surface area contributed by atoms with Crippen molar-refractivity contribution in [2.75, 3.05) is 20.6 Å². The summed E-state index contributed by atoms with van der Waals surface area (Å²) in [6, 6.07) is 8.28. The summed E-state index contributed by atoms with van der Waals surface area (Å²) in [5.41, 5.74) is 3.58. The third-order valence-electron chi connectivity index (χ3n) is 4.68. The molecule has 0 bridgehead atoms. The fraction of sp³-hybridized carbons (Fsp3) is 0.450. The van der Waals surface area contributed by atoms with Crippen molar-refractivity contribution in [3.8, 4) is 0 Å². The van der Waals surface area contributed by atoms with Gasteiger partial charge in [0.25, 0.3) is 0 Å². The highest BCUT2D eigenvalue weighted by Crippen LogP contribution is 2.22. The first-order chi connectivity index (χ1) is 13.1. The number of nitrogens with one attached hydrogen (secondary N) is 1. The summed E-state index contributed by atoms with van der Waals surface area (Å²) in [6.07, 6.45) is 1.33. The van der Waals surface area contributed by atoms with Gasteiger partial charge in [-0.25, -0.2) is 4.98 Å². The van der Waals surface area contributed by atoms with E-state index in [2.05, 4.69) is 32.8 Å². The van der Waals surface area contributed by atoms with Crippen LogP contribution in [0.2, 0.25) is 0 Å². The van der Waals surface area contributed by atoms with E-state index in [4.69, 9.17) is 0 Å². The van der Waals surface area contributed by atoms with Gasteiger partial charge in [0.15, 0.2) is 5.96 Å². The van der Waals surface area contributed by atoms with Crippen LogP contribution in [0, 0.1) is 6.92 Å². The third kappa shape index (κ3) is 5.07. The Morgan fingerprint density at radius 2 is 2.04 bits per heavy atom. The second-order valence-corrected chi connectivity index (χ2v) is 7.87. The van der Waals surface area contributed by atoms with E-state index >= 15 is 0 Å². The summed E-state index contributed by atoms with van der Waals surface area (Å²) >= 11 is 1.66. The quantitative estimate of drug-likeness (QED) is 0.472. The van der Waals surface area contributed by atoms with Crippen molar-refractivity contribution in [2.45, 2.75) is 39.4 Å². The highest BCUT2D eigenvalue weighted by atomic mass is 32.1. The number of fused-ring (bicyclic) bond motifs is 1. The monoisotopic (exact) mass is 385 g/mol. The van der Waals surface area contributed by atoms with E-state index in [1.807, 2.05) is 35.9 Å². The summed E-state index contributed by atoms with van der Waals surface area (Å²) in [7, 11) is 3.77. The molecule has 0 saturated carbocycles. The topological polar surface area (TPSA) is 60.8 Å². The maximum absolute atomic E-state index is 12.5. The molecule has 1 amide bonds. The van der Waals surface area contributed by atoms with Gasteiger partial charge in [-0.2, -0.15) is 0 Å². The van der Waals surface area contributed by atoms with Crippen molar-refractivity contribution in [2.24, 2.45) is 4.99 Å². The van der Waals surface area contributed by atoms with Crippen LogP contribution in [0.3, 0.4) is 0 Å². The number of aromatic nitrogens is 1. The van der Waals surface area contributed by atoms with E-state index in [1.165, 1.54) is 11.1 Å². The summed E-state index contributed by atoms with van der Waals surface area (Å²) in [6.45, 7) is 4.92. The SMILES string of the molecule is CN=C(NCCCC(=O)N1Cc2ccccc2C1)N(C)Cc1csc(C)n1. The van der Waals surface area contributed by atoms with Crippen molar-refractivity contribution in [3.05, 3.63) is 51.5 Å². The summed E-state index contributed by atoms with van der Waals surface area (Å²) < 4.78 is 0. The predicted octanol–water partition coefficient (Wildman–Crippen LogP) is 2.78. The second-order valence-electron chi connectivity index (χ2n) is 6.81. The van der Waals surface area contributed by atoms with Gasteiger partial charge in [-0.05, 0) is 24.5 Å². The van der Waals surface area contributed by atoms with E-state index in [1.54, 1.807) is 18.4 Å². The molecule has 0 saturated heterocycles. The number of hydrogen-bond acceptors (Lipinski definition) is 4. The van der Waals surface area contributed by atoms with Crippen LogP contribution in [0.4, 0.5) is 0 Å². The molecule has 0 aliphatic carbocycles. The molecule has 1 aromatic heterocycles. The van der Waals surface area contributed by atoms with E-state index in [0.717, 1.165) is 49.3 Å². The number of carbonyl (C=O) groups excluding carboxylic acids is 1. The Hall–Kier alpha value is -2.41. The van der Waals surface area contributed by atoms with Crippen LogP contribution in [0.1, 0.15) is 34.7 Å². The van der Waals surface area contributed by atoms with Crippen LogP contribution in [0.15, 0.2) is 34.6 Å². The molecule has 0 spiro atoms. The zero-order valence-electron chi connectivity index (χ0n) is 16.2. The molecule has 0 radical (unpaired) electrons. The molecular formula is C20H27N5OS. The van der Waals surface area contributed by atoms with Crippen molar-refractivity contribution in [1.29, 1.82) is 0 Å². The maximum atomic E-state index is 12.5. The van der Waals surface area contributed by atoms with Crippen LogP contribution < -0.4 is 5.32 Å². The van der Waals surface area contributed by atoms with Gasteiger partial charge in [-0.1, -0.05) is 24.3 Å². The number of nitrogens with zero attached hydrogens (tertiary/aromatic N) is 4. The second kappa shape index (κ2) is 8.99. The van der Waals surface area contributed by atoms with Crippen molar-refractivity contribution in [3.63, 3.8) is 0 Å². The Morgan fingerprint density at radius 3 is 2.63 bits per heavy atom. The smallest absolute Gasteiger partial charge is 0.223 e. The fourth-order valence-electron chi connectivity index (χ4n) is 3.29. The molecular weight excluding hydrogens is 358 g/mol. The molecule has 27 heavy (non-hydrogen) atoms. The Morgan fingerprint density at radius 1 is 1.33 bits per heavy atom. The molecule has 2 aromatic rings. The molecule has 1 aromatic carbocycles. The minimum atomic E-state index is 0.217. The number of guanidine groups is 1. The number of benzene rings is 1. The third-order valence-corrected chi connectivity index (χ3v) is 5.51. The van der Waals surface area contributed by atoms with Crippen LogP contribution in [-0.4, -0.2) is 47.3 Å². The first kappa shape index (κ1) is 19.4. The molecule has 1 aliphatic rings. The number of amides is 1. The minimum absolute atomic E-state index is 0.217. The number of aliphatic imine (C=N–C) groups is 1. The lowest BCUT2D eigenvalue weighted by Gasteiger charge is -2.21. The average Bonchev–Trinajstić information content (AvgIpc) is 3.27. The Balaban J connectivity index is 1.39. The number of rotatable bonds is 6. The van der Waals surface area contributed by atoms with Crippen molar-refractivity contribution < 1.29 is 4.79 Å². The van der Waals surface area contributed by atoms with Gasteiger partial charge in [0.2, 0.25) is 5.91 Å². The fourth-order valence-corrected chi connectivity index (χ4v) is 3.89. The first-order valence-corrected chi connectivity index (χ1v) is 10.1. The molecule has 0 atom stereocenters. The highest BCUT2D eigenvalue weighted by Gasteiger charge is 2.22. The van der Waals surface area contributed by atoms with E-state index in [-0.39, 0.29) is 5.91 Å². The van der Waals surface area contributed by atoms with Gasteiger partial charge >= 0.3 is 0 Å². The van der Waals surface area contributed by atoms with Gasteiger partial charge in [-0.15, -0.1) is 11.3 Å². The zero-order valence-corrected chi connectivity index (χ0v) is 17.1. The van der Waals surface area contributed by atoms with E-state index < -0.39 is 0 Å². The lowest BCUT2D eigenvalue weighted by molar-refractivity contribution is -0.131. The minimum Gasteiger partial charge on any atom is -0.356 e. The van der Waals surface area contributed by atoms with Crippen LogP contribution in [0.25, 0.3) is 0 Å². The van der Waals surface area contributed by atoms with E-state index in [9.17, 15) is 4.79 Å². The molecule has 6 nitrogen and oxygen atoms in total. The van der Waals surface area contributed by atoms with Crippen LogP contribution in [-0.2, 0) is 24.4 Å². The van der Waals surface area contributed by atoms with Crippen molar-refractivity contribution in [1.82, 2.24) is 20.1 Å². The number of carbonyl (C=O) groups is 1. The highest BCUT2D eigenvalue weighted by molar-refractivity contribution is 7.09. The summed E-state index contributed by atoms with van der Waals surface area (Å²) in [5.74, 6) is 1.04. The van der Waals surface area contributed by atoms with E-state index in [0.29, 0.717) is 6.42 Å². The van der Waals surface area contributed by atoms with Gasteiger partial charge in [-0.3, -0.25) is 9.79 Å². The normalized spacial score (nSPS) is 13.6. The van der Waals surface area contributed by atoms with Gasteiger partial charge in [0.1, 0.15) is 0 Å². The summed E-state index contributed by atoms with van der Waals surface area (Å²) in [4.78, 5) is 25.3. The molecule has 1 aliphatic heterocycles. The zero-order chi connectivity index (χ0) is 19.2. The van der Waals surface area contributed by atoms with Crippen LogP contribution >= 0.6 is 11.3 Å². The Kier molecular flexibility index (Phi) is 6.45. The maximum Gasteiger partial charge on any atom is 0.223 e. The Bertz CT molecular complexity index is 791. The molecule has 0 unspecified atom stereocenters. The molecule has 3 rings (SSSR count). The molecule has 1 N–H and O–H groups in total. The van der Waals surface area contributed by atoms with Crippen molar-refractivity contribution >= 4 is 23.2 Å². The average molecular weight is 386 g/mol. The predicted molar refractivity (Wildman–Crippen MR) is 110 cm³/mol. The van der Waals surface area contributed by atoms with Gasteiger partial charge < -0.3 is 15.1 Å². The standard InChI is InChI=1S/C20H27N5OS/c1-15-23-18(14-27-15)13-24(3)20(21-2)22-10-6-9-19(26)25-11-16-7-4-5-8-17(16)12-25/h4-5,7-8,14H,6,9-13H2,1-3H3,(H,21,22). The van der Waals surface area contributed by atoms with Crippen LogP contribution in [0.5, 0.6) is 0 Å². The molecule has 144 valence electrons. The molecule has 7 heteroatoms. The molecule has 0 fully saturated rings. The molecule has 2 heterocycles. The lowest BCUT2D eigenvalue weighted by atomic mass is 10.1. The number of hydrogen-bond donors (Lipinski definition) is 1. The lowest BCUT2D eigenvalue weighted by Crippen LogP contribution is -2.39. The Labute approximate surface area is 164 Å². The number of aryl methyl sites for hydroxylation is 1. The number of thiazole rings is 1. The largest absolute Gasteiger partial charge is 0.356 e. The van der Waals surface area contributed by atoms with Gasteiger partial charge in [0, 0.05) is 45.5 Å².